The zero-order valence-corrected chi connectivity index (χ0v) is 21.5. The molecule has 0 aliphatic carbocycles. The Labute approximate surface area is 217 Å². The molecule has 0 spiro atoms. The van der Waals surface area contributed by atoms with Crippen LogP contribution in [0.4, 0.5) is 5.82 Å². The highest BCUT2D eigenvalue weighted by atomic mass is 35.5. The lowest BCUT2D eigenvalue weighted by Crippen LogP contribution is -2.60. The molecule has 192 valence electrons. The number of piperidine rings is 2. The number of anilines is 1. The molecule has 36 heavy (non-hydrogen) atoms. The summed E-state index contributed by atoms with van der Waals surface area (Å²) in [6.45, 7) is 4.77. The highest BCUT2D eigenvalue weighted by Gasteiger charge is 2.39. The van der Waals surface area contributed by atoms with E-state index in [9.17, 15) is 4.79 Å². The zero-order chi connectivity index (χ0) is 25.0. The number of nitrogens with one attached hydrogen (secondary N) is 2. The van der Waals surface area contributed by atoms with Crippen LogP contribution in [-0.2, 0) is 4.79 Å². The van der Waals surface area contributed by atoms with Crippen molar-refractivity contribution in [2.24, 2.45) is 5.73 Å². The molecule has 4 heterocycles. The van der Waals surface area contributed by atoms with Gasteiger partial charge in [-0.05, 0) is 81.9 Å². The first-order valence-corrected chi connectivity index (χ1v) is 13.5. The van der Waals surface area contributed by atoms with E-state index >= 15 is 0 Å². The van der Waals surface area contributed by atoms with Crippen LogP contribution < -0.4 is 16.0 Å². The standard InChI is InChI=1S/C27H36ClN7O/c28-21-8-6-20(7-9-21)23(5-4-16-34-14-2-1-3-15-34)33-26(36)27(29)11-17-35(18-12-27)25-22-10-13-30-24(22)31-19-32-25/h6-10,13,19,23H,1-5,11-12,14-18,29H2,(H,33,36)(H,30,31,32)/t23-/m0/s1. The maximum Gasteiger partial charge on any atom is 0.240 e. The summed E-state index contributed by atoms with van der Waals surface area (Å²) in [7, 11) is 0. The van der Waals surface area contributed by atoms with E-state index < -0.39 is 5.54 Å². The Kier molecular flexibility index (Phi) is 7.74. The van der Waals surface area contributed by atoms with Crippen molar-refractivity contribution in [3.8, 4) is 0 Å². The molecule has 3 aromatic rings. The smallest absolute Gasteiger partial charge is 0.240 e. The number of aromatic amines is 1. The molecule has 2 aliphatic rings. The van der Waals surface area contributed by atoms with E-state index in [1.165, 1.54) is 32.4 Å². The number of nitrogens with zero attached hydrogens (tertiary/aromatic N) is 4. The van der Waals surface area contributed by atoms with Gasteiger partial charge in [0, 0.05) is 24.3 Å². The quantitative estimate of drug-likeness (QED) is 0.423. The molecule has 2 aromatic heterocycles. The molecule has 2 saturated heterocycles. The van der Waals surface area contributed by atoms with Crippen molar-refractivity contribution >= 4 is 34.4 Å². The van der Waals surface area contributed by atoms with Gasteiger partial charge < -0.3 is 25.8 Å². The SMILES string of the molecule is NC1(C(=O)N[C@@H](CCCN2CCCCC2)c2ccc(Cl)cc2)CCN(c2ncnc3[nH]ccc23)CC1. The Hall–Kier alpha value is -2.68. The Morgan fingerprint density at radius 2 is 1.83 bits per heavy atom. The average Bonchev–Trinajstić information content (AvgIpc) is 3.39. The molecule has 1 atom stereocenters. The van der Waals surface area contributed by atoms with Crippen LogP contribution in [0, 0.1) is 0 Å². The number of likely N-dealkylation sites (tertiary alicyclic amines) is 1. The number of carbonyl (C=O) groups excluding carboxylic acids is 1. The molecule has 8 nitrogen and oxygen atoms in total. The van der Waals surface area contributed by atoms with E-state index in [4.69, 9.17) is 17.3 Å². The highest BCUT2D eigenvalue weighted by Crippen LogP contribution is 2.29. The first-order valence-electron chi connectivity index (χ1n) is 13.1. The summed E-state index contributed by atoms with van der Waals surface area (Å²) in [5.74, 6) is 0.815. The summed E-state index contributed by atoms with van der Waals surface area (Å²) >= 11 is 6.14. The van der Waals surface area contributed by atoms with E-state index in [0.717, 1.165) is 41.8 Å². The van der Waals surface area contributed by atoms with Crippen molar-refractivity contribution in [2.45, 2.75) is 56.5 Å². The van der Waals surface area contributed by atoms with Crippen molar-refractivity contribution in [3.05, 3.63) is 53.4 Å². The number of H-pyrrole nitrogens is 1. The van der Waals surface area contributed by atoms with Crippen LogP contribution in [0.15, 0.2) is 42.9 Å². The topological polar surface area (TPSA) is 103 Å². The molecule has 0 radical (unpaired) electrons. The number of hydrogen-bond donors (Lipinski definition) is 3. The fourth-order valence-corrected chi connectivity index (χ4v) is 5.60. The van der Waals surface area contributed by atoms with Crippen LogP contribution in [0.5, 0.6) is 0 Å². The second kappa shape index (κ2) is 11.2. The number of fused-ring (bicyclic) bond motifs is 1. The van der Waals surface area contributed by atoms with Gasteiger partial charge in [0.05, 0.1) is 17.0 Å². The van der Waals surface area contributed by atoms with Crippen molar-refractivity contribution in [1.82, 2.24) is 25.2 Å². The largest absolute Gasteiger partial charge is 0.356 e. The maximum atomic E-state index is 13.5. The van der Waals surface area contributed by atoms with Crippen molar-refractivity contribution < 1.29 is 4.79 Å². The van der Waals surface area contributed by atoms with E-state index in [1.807, 2.05) is 36.5 Å². The van der Waals surface area contributed by atoms with Gasteiger partial charge in [0.15, 0.2) is 0 Å². The number of nitrogens with two attached hydrogens (primary N) is 1. The fourth-order valence-electron chi connectivity index (χ4n) is 5.48. The number of rotatable bonds is 8. The number of halogens is 1. The van der Waals surface area contributed by atoms with Gasteiger partial charge in [-0.25, -0.2) is 9.97 Å². The van der Waals surface area contributed by atoms with Gasteiger partial charge >= 0.3 is 0 Å². The molecule has 5 rings (SSSR count). The Morgan fingerprint density at radius 3 is 2.58 bits per heavy atom. The normalized spacial score (nSPS) is 19.3. The third-order valence-corrected chi connectivity index (χ3v) is 7.99. The Morgan fingerprint density at radius 1 is 1.08 bits per heavy atom. The Bertz CT molecular complexity index is 1150. The summed E-state index contributed by atoms with van der Waals surface area (Å²) in [5, 5.41) is 4.99. The number of amides is 1. The second-order valence-electron chi connectivity index (χ2n) is 10.2. The number of benzene rings is 1. The molecule has 1 aromatic carbocycles. The first-order chi connectivity index (χ1) is 17.5. The second-order valence-corrected chi connectivity index (χ2v) is 10.6. The lowest BCUT2D eigenvalue weighted by molar-refractivity contribution is -0.128. The van der Waals surface area contributed by atoms with E-state index in [0.29, 0.717) is 31.0 Å². The predicted octanol–water partition coefficient (Wildman–Crippen LogP) is 4.03. The van der Waals surface area contributed by atoms with Gasteiger partial charge in [-0.3, -0.25) is 4.79 Å². The molecule has 1 amide bonds. The van der Waals surface area contributed by atoms with Gasteiger partial charge in [0.25, 0.3) is 0 Å². The van der Waals surface area contributed by atoms with Gasteiger partial charge in [0.1, 0.15) is 17.8 Å². The van der Waals surface area contributed by atoms with E-state index in [1.54, 1.807) is 6.33 Å². The molecule has 9 heteroatoms. The van der Waals surface area contributed by atoms with Crippen LogP contribution in [-0.4, -0.2) is 64.0 Å². The molecular weight excluding hydrogens is 474 g/mol. The van der Waals surface area contributed by atoms with Crippen molar-refractivity contribution in [2.75, 3.05) is 37.6 Å². The minimum Gasteiger partial charge on any atom is -0.356 e. The number of carbonyl (C=O) groups is 1. The van der Waals surface area contributed by atoms with Gasteiger partial charge in [-0.2, -0.15) is 0 Å². The Balaban J connectivity index is 1.22. The minimum atomic E-state index is -0.904. The van der Waals surface area contributed by atoms with E-state index in [2.05, 4.69) is 30.1 Å². The van der Waals surface area contributed by atoms with Gasteiger partial charge in [-0.15, -0.1) is 0 Å². The van der Waals surface area contributed by atoms with Crippen LogP contribution >= 0.6 is 11.6 Å². The summed E-state index contributed by atoms with van der Waals surface area (Å²) in [6.07, 6.45) is 10.4. The summed E-state index contributed by atoms with van der Waals surface area (Å²) in [6, 6.07) is 9.71. The molecule has 0 unspecified atom stereocenters. The molecular formula is C27H36ClN7O. The van der Waals surface area contributed by atoms with Crippen LogP contribution in [0.2, 0.25) is 5.02 Å². The zero-order valence-electron chi connectivity index (χ0n) is 20.8. The van der Waals surface area contributed by atoms with Gasteiger partial charge in [-0.1, -0.05) is 30.2 Å². The molecule has 2 fully saturated rings. The molecule has 0 saturated carbocycles. The average molecular weight is 510 g/mol. The van der Waals surface area contributed by atoms with Crippen molar-refractivity contribution in [1.29, 1.82) is 0 Å². The summed E-state index contributed by atoms with van der Waals surface area (Å²) < 4.78 is 0. The first kappa shape index (κ1) is 25.0. The maximum absolute atomic E-state index is 13.5. The van der Waals surface area contributed by atoms with Crippen LogP contribution in [0.3, 0.4) is 0 Å². The van der Waals surface area contributed by atoms with Crippen molar-refractivity contribution in [3.63, 3.8) is 0 Å². The number of hydrogen-bond acceptors (Lipinski definition) is 6. The molecule has 0 bridgehead atoms. The van der Waals surface area contributed by atoms with Crippen LogP contribution in [0.1, 0.15) is 56.6 Å². The highest BCUT2D eigenvalue weighted by molar-refractivity contribution is 6.30. The summed E-state index contributed by atoms with van der Waals surface area (Å²) in [5.41, 5.74) is 7.71. The fraction of sp³-hybridized carbons (Fsp3) is 0.519. The number of aromatic nitrogens is 3. The third-order valence-electron chi connectivity index (χ3n) is 7.73. The molecule has 4 N–H and O–H groups in total. The predicted molar refractivity (Wildman–Crippen MR) is 144 cm³/mol. The molecule has 2 aliphatic heterocycles. The lowest BCUT2D eigenvalue weighted by atomic mass is 9.86. The summed E-state index contributed by atoms with van der Waals surface area (Å²) in [4.78, 5) is 30.2. The van der Waals surface area contributed by atoms with Gasteiger partial charge in [0.2, 0.25) is 5.91 Å². The van der Waals surface area contributed by atoms with E-state index in [-0.39, 0.29) is 11.9 Å². The monoisotopic (exact) mass is 509 g/mol. The minimum absolute atomic E-state index is 0.0745. The van der Waals surface area contributed by atoms with Crippen LogP contribution in [0.25, 0.3) is 11.0 Å². The third kappa shape index (κ3) is 5.66. The lowest BCUT2D eigenvalue weighted by Gasteiger charge is -2.39.